The Morgan fingerprint density at radius 1 is 0.929 bits per heavy atom. The number of benzene rings is 1. The van der Waals surface area contributed by atoms with E-state index in [4.69, 9.17) is 4.84 Å². The Kier molecular flexibility index (Phi) is 9.00. The summed E-state index contributed by atoms with van der Waals surface area (Å²) in [6.07, 6.45) is 0. The molecule has 156 valence electrons. The van der Waals surface area contributed by atoms with Gasteiger partial charge in [0.1, 0.15) is 0 Å². The number of hydroxylamine groups is 2. The predicted molar refractivity (Wildman–Crippen MR) is 110 cm³/mol. The second-order valence-electron chi connectivity index (χ2n) is 6.68. The van der Waals surface area contributed by atoms with Gasteiger partial charge in [-0.1, -0.05) is 35.5 Å². The summed E-state index contributed by atoms with van der Waals surface area (Å²) in [5.74, 6) is -1.54. The molecule has 0 spiro atoms. The minimum atomic E-state index is -1.32. The van der Waals surface area contributed by atoms with Gasteiger partial charge in [0.25, 0.3) is 17.7 Å². The van der Waals surface area contributed by atoms with Gasteiger partial charge in [-0.3, -0.25) is 19.2 Å². The SMILES string of the molecule is C.CNC(=O)C(C)(C)Br.CNC(=O)C(C)(C)ON1C(=O)c2ccccc2C1=O. The van der Waals surface area contributed by atoms with E-state index in [2.05, 4.69) is 26.6 Å². The molecule has 2 rings (SSSR count). The maximum absolute atomic E-state index is 12.0. The van der Waals surface area contributed by atoms with Crippen LogP contribution in [0.3, 0.4) is 0 Å². The molecule has 1 aromatic rings. The summed E-state index contributed by atoms with van der Waals surface area (Å²) in [6, 6.07) is 6.42. The topological polar surface area (TPSA) is 105 Å². The van der Waals surface area contributed by atoms with Gasteiger partial charge in [-0.05, 0) is 39.8 Å². The van der Waals surface area contributed by atoms with Crippen LogP contribution in [0, 0.1) is 0 Å². The summed E-state index contributed by atoms with van der Waals surface area (Å²) in [7, 11) is 3.07. The summed E-state index contributed by atoms with van der Waals surface area (Å²) in [4.78, 5) is 51.7. The molecule has 0 radical (unpaired) electrons. The van der Waals surface area contributed by atoms with Crippen LogP contribution in [0.15, 0.2) is 24.3 Å². The van der Waals surface area contributed by atoms with Crippen LogP contribution in [0.5, 0.6) is 0 Å². The van der Waals surface area contributed by atoms with E-state index in [1.165, 1.54) is 20.9 Å². The molecule has 8 nitrogen and oxygen atoms in total. The van der Waals surface area contributed by atoms with Gasteiger partial charge in [0.2, 0.25) is 5.91 Å². The lowest BCUT2D eigenvalue weighted by Gasteiger charge is -2.26. The molecular weight excluding hydrogens is 430 g/mol. The van der Waals surface area contributed by atoms with Gasteiger partial charge in [0, 0.05) is 14.1 Å². The zero-order chi connectivity index (χ0) is 21.0. The number of alkyl halides is 1. The van der Waals surface area contributed by atoms with Crippen molar-refractivity contribution in [1.29, 1.82) is 0 Å². The van der Waals surface area contributed by atoms with Crippen LogP contribution in [0.25, 0.3) is 0 Å². The molecule has 4 amide bonds. The molecule has 1 heterocycles. The van der Waals surface area contributed by atoms with Gasteiger partial charge in [0.15, 0.2) is 5.60 Å². The molecule has 0 fully saturated rings. The molecule has 0 aromatic heterocycles. The maximum Gasteiger partial charge on any atom is 0.285 e. The van der Waals surface area contributed by atoms with Gasteiger partial charge in [-0.25, -0.2) is 4.84 Å². The van der Waals surface area contributed by atoms with Crippen LogP contribution >= 0.6 is 15.9 Å². The Morgan fingerprint density at radius 3 is 1.61 bits per heavy atom. The molecule has 1 aliphatic rings. The van der Waals surface area contributed by atoms with Gasteiger partial charge >= 0.3 is 0 Å². The summed E-state index contributed by atoms with van der Waals surface area (Å²) >= 11 is 3.19. The number of hydrogen-bond donors (Lipinski definition) is 2. The average molecular weight is 458 g/mol. The maximum atomic E-state index is 12.0. The molecule has 2 N–H and O–H groups in total. The van der Waals surface area contributed by atoms with E-state index in [-0.39, 0.29) is 24.5 Å². The van der Waals surface area contributed by atoms with E-state index in [9.17, 15) is 19.2 Å². The molecule has 0 bridgehead atoms. The fourth-order valence-electron chi connectivity index (χ4n) is 2.12. The highest BCUT2D eigenvalue weighted by Crippen LogP contribution is 2.25. The highest BCUT2D eigenvalue weighted by atomic mass is 79.9. The summed E-state index contributed by atoms with van der Waals surface area (Å²) < 4.78 is -0.429. The lowest BCUT2D eigenvalue weighted by Crippen LogP contribution is -2.48. The average Bonchev–Trinajstić information content (AvgIpc) is 2.85. The minimum absolute atomic E-state index is 0. The monoisotopic (exact) mass is 457 g/mol. The third kappa shape index (κ3) is 5.87. The second-order valence-corrected chi connectivity index (χ2v) is 8.67. The Labute approximate surface area is 174 Å². The first-order valence-corrected chi connectivity index (χ1v) is 8.96. The van der Waals surface area contributed by atoms with Crippen LogP contribution in [0.1, 0.15) is 55.8 Å². The van der Waals surface area contributed by atoms with Crippen molar-refractivity contribution >= 4 is 39.6 Å². The Balaban J connectivity index is 0.000000694. The molecule has 0 aliphatic carbocycles. The molecule has 0 saturated carbocycles. The Hall–Kier alpha value is -2.26. The summed E-state index contributed by atoms with van der Waals surface area (Å²) in [5, 5.41) is 5.57. The predicted octanol–water partition coefficient (Wildman–Crippen LogP) is 2.28. The lowest BCUT2D eigenvalue weighted by atomic mass is 10.1. The number of carbonyl (C=O) groups excluding carboxylic acids is 4. The highest BCUT2D eigenvalue weighted by molar-refractivity contribution is 9.10. The van der Waals surface area contributed by atoms with E-state index in [0.29, 0.717) is 5.06 Å². The van der Waals surface area contributed by atoms with E-state index in [0.717, 1.165) is 0 Å². The number of carbonyl (C=O) groups is 4. The quantitative estimate of drug-likeness (QED) is 0.532. The van der Waals surface area contributed by atoms with E-state index in [1.807, 2.05) is 0 Å². The molecule has 0 unspecified atom stereocenters. The first-order chi connectivity index (χ1) is 12.4. The van der Waals surface area contributed by atoms with Crippen LogP contribution in [0.4, 0.5) is 0 Å². The third-order valence-electron chi connectivity index (χ3n) is 3.62. The van der Waals surface area contributed by atoms with Crippen LogP contribution in [-0.2, 0) is 14.4 Å². The highest BCUT2D eigenvalue weighted by Gasteiger charge is 2.42. The zero-order valence-electron chi connectivity index (χ0n) is 16.2. The lowest BCUT2D eigenvalue weighted by molar-refractivity contribution is -0.185. The van der Waals surface area contributed by atoms with E-state index >= 15 is 0 Å². The van der Waals surface area contributed by atoms with Crippen molar-refractivity contribution in [3.63, 3.8) is 0 Å². The number of nitrogens with zero attached hydrogens (tertiary/aromatic N) is 1. The minimum Gasteiger partial charge on any atom is -0.358 e. The van der Waals surface area contributed by atoms with Crippen molar-refractivity contribution in [3.05, 3.63) is 35.4 Å². The molecule has 0 atom stereocenters. The van der Waals surface area contributed by atoms with E-state index < -0.39 is 27.6 Å². The number of fused-ring (bicyclic) bond motifs is 1. The van der Waals surface area contributed by atoms with E-state index in [1.54, 1.807) is 45.2 Å². The van der Waals surface area contributed by atoms with Gasteiger partial charge in [-0.15, -0.1) is 5.06 Å². The van der Waals surface area contributed by atoms with Crippen molar-refractivity contribution in [1.82, 2.24) is 15.7 Å². The smallest absolute Gasteiger partial charge is 0.285 e. The van der Waals surface area contributed by atoms with Crippen molar-refractivity contribution in [2.75, 3.05) is 14.1 Å². The number of rotatable bonds is 4. The fourth-order valence-corrected chi connectivity index (χ4v) is 2.32. The first kappa shape index (κ1) is 25.7. The third-order valence-corrected chi connectivity index (χ3v) is 3.98. The van der Waals surface area contributed by atoms with Crippen LogP contribution in [-0.4, -0.2) is 52.7 Å². The Bertz CT molecular complexity index is 721. The standard InChI is InChI=1S/C13H14N2O4.C5H10BrNO.CH4/c1-13(2,12(18)14-3)19-15-10(16)8-6-4-5-7-9(8)11(15)17;1-5(2,6)4(8)7-3;/h4-7H,1-3H3,(H,14,18);1-3H3,(H,7,8);1H4. The van der Waals surface area contributed by atoms with Gasteiger partial charge in [-0.2, -0.15) is 0 Å². The van der Waals surface area contributed by atoms with Crippen molar-refractivity contribution in [3.8, 4) is 0 Å². The largest absolute Gasteiger partial charge is 0.358 e. The Morgan fingerprint density at radius 2 is 1.32 bits per heavy atom. The first-order valence-electron chi connectivity index (χ1n) is 8.17. The van der Waals surface area contributed by atoms with Crippen LogP contribution in [0.2, 0.25) is 0 Å². The van der Waals surface area contributed by atoms with Crippen molar-refractivity contribution < 1.29 is 24.0 Å². The number of nitrogens with one attached hydrogen (secondary N) is 2. The summed E-state index contributed by atoms with van der Waals surface area (Å²) in [6.45, 7) is 6.56. The summed E-state index contributed by atoms with van der Waals surface area (Å²) in [5.41, 5.74) is -0.761. The van der Waals surface area contributed by atoms with Gasteiger partial charge in [0.05, 0.1) is 15.5 Å². The number of imide groups is 1. The molecule has 1 aromatic carbocycles. The molecule has 28 heavy (non-hydrogen) atoms. The van der Waals surface area contributed by atoms with Gasteiger partial charge < -0.3 is 10.6 Å². The molecular formula is C19H28BrN3O5. The molecule has 9 heteroatoms. The number of hydrogen-bond acceptors (Lipinski definition) is 5. The zero-order valence-corrected chi connectivity index (χ0v) is 17.8. The number of amides is 4. The number of likely N-dealkylation sites (N-methyl/N-ethyl adjacent to an activating group) is 1. The second kappa shape index (κ2) is 9.79. The molecule has 1 aliphatic heterocycles. The van der Waals surface area contributed by atoms with Crippen LogP contribution < -0.4 is 10.6 Å². The van der Waals surface area contributed by atoms with Crippen molar-refractivity contribution in [2.24, 2.45) is 0 Å². The van der Waals surface area contributed by atoms with Crippen molar-refractivity contribution in [2.45, 2.75) is 45.0 Å². The fraction of sp³-hybridized carbons (Fsp3) is 0.474. The molecule has 0 saturated heterocycles. The number of halogens is 1. The normalized spacial score (nSPS) is 13.0.